The smallest absolute Gasteiger partial charge is 0.344 e. The van der Waals surface area contributed by atoms with Gasteiger partial charge in [-0.15, -0.1) is 6.58 Å². The molecular weight excluding hydrogens is 320 g/mol. The van der Waals surface area contributed by atoms with Crippen molar-refractivity contribution in [2.45, 2.75) is 37.8 Å². The van der Waals surface area contributed by atoms with Gasteiger partial charge in [0.05, 0.1) is 12.6 Å². The van der Waals surface area contributed by atoms with E-state index in [4.69, 9.17) is 19.7 Å². The van der Waals surface area contributed by atoms with Gasteiger partial charge in [-0.2, -0.15) is 0 Å². The highest BCUT2D eigenvalue weighted by molar-refractivity contribution is 6.12. The molecule has 0 spiro atoms. The molecular formula is C15H20N2O7. The lowest BCUT2D eigenvalue weighted by Gasteiger charge is -2.48. The van der Waals surface area contributed by atoms with Crippen LogP contribution in [0.15, 0.2) is 24.4 Å². The monoisotopic (exact) mass is 340 g/mol. The van der Waals surface area contributed by atoms with Crippen molar-refractivity contribution in [2.24, 2.45) is 0 Å². The lowest BCUT2D eigenvalue weighted by molar-refractivity contribution is -0.172. The van der Waals surface area contributed by atoms with Crippen LogP contribution < -0.4 is 5.32 Å². The van der Waals surface area contributed by atoms with Crippen molar-refractivity contribution in [3.05, 3.63) is 24.4 Å². The third-order valence-electron chi connectivity index (χ3n) is 3.86. The largest absolute Gasteiger partial charge is 0.477 e. The van der Waals surface area contributed by atoms with Gasteiger partial charge in [-0.25, -0.2) is 9.59 Å². The molecule has 0 radical (unpaired) electrons. The number of likely N-dealkylation sites (tertiary alicyclic amines) is 1. The summed E-state index contributed by atoms with van der Waals surface area (Å²) in [5, 5.41) is 20.3. The van der Waals surface area contributed by atoms with Gasteiger partial charge in [-0.3, -0.25) is 4.79 Å². The number of ether oxygens (including phenoxy) is 2. The van der Waals surface area contributed by atoms with E-state index in [1.165, 1.54) is 4.90 Å². The fourth-order valence-corrected chi connectivity index (χ4v) is 2.78. The quantitative estimate of drug-likeness (QED) is 0.187. The molecule has 9 heteroatoms. The second kappa shape index (κ2) is 6.62. The maximum Gasteiger partial charge on any atom is 0.344 e. The molecule has 3 N–H and O–H groups in total. The minimum atomic E-state index is -1.59. The minimum absolute atomic E-state index is 0.269. The normalized spacial score (nSPS) is 28.0. The summed E-state index contributed by atoms with van der Waals surface area (Å²) in [6, 6.07) is -1.21. The first-order chi connectivity index (χ1) is 11.2. The molecule has 2 aliphatic heterocycles. The molecule has 0 aromatic heterocycles. The number of nitrogens with zero attached hydrogens (tertiary/aromatic N) is 1. The van der Waals surface area contributed by atoms with E-state index in [1.54, 1.807) is 19.9 Å². The van der Waals surface area contributed by atoms with E-state index in [0.29, 0.717) is 6.54 Å². The Bertz CT molecular complexity index is 583. The molecule has 0 aromatic rings. The van der Waals surface area contributed by atoms with Crippen LogP contribution in [-0.4, -0.2) is 70.1 Å². The van der Waals surface area contributed by atoms with Crippen molar-refractivity contribution in [3.8, 4) is 0 Å². The van der Waals surface area contributed by atoms with Crippen molar-refractivity contribution in [1.29, 1.82) is 0 Å². The minimum Gasteiger partial charge on any atom is -0.477 e. The van der Waals surface area contributed by atoms with Gasteiger partial charge in [0.2, 0.25) is 5.91 Å². The summed E-state index contributed by atoms with van der Waals surface area (Å²) in [5.41, 5.74) is -0.854. The van der Waals surface area contributed by atoms with Crippen LogP contribution in [0.2, 0.25) is 0 Å². The number of hydrogen-bond acceptors (Lipinski definition) is 6. The van der Waals surface area contributed by atoms with E-state index in [0.717, 1.165) is 6.20 Å². The Morgan fingerprint density at radius 2 is 2.04 bits per heavy atom. The Kier molecular flexibility index (Phi) is 4.95. The maximum absolute atomic E-state index is 12.2. The second-order valence-electron chi connectivity index (χ2n) is 5.95. The molecule has 132 valence electrons. The van der Waals surface area contributed by atoms with Crippen LogP contribution in [-0.2, 0) is 23.9 Å². The third kappa shape index (κ3) is 3.41. The Labute approximate surface area is 138 Å². The van der Waals surface area contributed by atoms with Crippen LogP contribution in [0.5, 0.6) is 0 Å². The average molecular weight is 340 g/mol. The molecule has 2 fully saturated rings. The number of carbonyl (C=O) groups is 3. The number of rotatable bonds is 7. The molecule has 9 nitrogen and oxygen atoms in total. The second-order valence-corrected chi connectivity index (χ2v) is 5.95. The highest BCUT2D eigenvalue weighted by Gasteiger charge is 2.54. The van der Waals surface area contributed by atoms with Gasteiger partial charge in [-0.05, 0) is 13.8 Å². The Morgan fingerprint density at radius 1 is 1.42 bits per heavy atom. The highest BCUT2D eigenvalue weighted by atomic mass is 16.7. The topological polar surface area (TPSA) is 125 Å². The van der Waals surface area contributed by atoms with Crippen molar-refractivity contribution in [2.75, 3.05) is 13.2 Å². The molecule has 0 aliphatic carbocycles. The van der Waals surface area contributed by atoms with E-state index in [2.05, 4.69) is 11.9 Å². The first-order valence-electron chi connectivity index (χ1n) is 7.34. The van der Waals surface area contributed by atoms with Crippen molar-refractivity contribution in [1.82, 2.24) is 10.2 Å². The van der Waals surface area contributed by atoms with Crippen molar-refractivity contribution >= 4 is 17.8 Å². The Morgan fingerprint density at radius 3 is 2.50 bits per heavy atom. The predicted molar refractivity (Wildman–Crippen MR) is 80.9 cm³/mol. The molecule has 2 saturated heterocycles. The lowest BCUT2D eigenvalue weighted by atomic mass is 9.90. The molecule has 0 bridgehead atoms. The van der Waals surface area contributed by atoms with Gasteiger partial charge in [0, 0.05) is 12.7 Å². The van der Waals surface area contributed by atoms with Gasteiger partial charge in [-0.1, -0.05) is 6.08 Å². The van der Waals surface area contributed by atoms with Gasteiger partial charge >= 0.3 is 11.9 Å². The van der Waals surface area contributed by atoms with Crippen LogP contribution in [0.25, 0.3) is 0 Å². The molecule has 0 aromatic carbocycles. The fraction of sp³-hybridized carbons (Fsp3) is 0.533. The lowest BCUT2D eigenvalue weighted by Crippen LogP contribution is -2.73. The zero-order chi connectivity index (χ0) is 18.1. The summed E-state index contributed by atoms with van der Waals surface area (Å²) in [4.78, 5) is 35.5. The van der Waals surface area contributed by atoms with Crippen LogP contribution >= 0.6 is 0 Å². The first-order valence-corrected chi connectivity index (χ1v) is 7.34. The standard InChI is InChI=1S/C15H20N2O7/c1-4-5-17-11(9-7-23-15(2,3)24-9)10(12(17)18)16-6-8(13(19)20)14(21)22/h4,6,9-11,16H,1,5,7H2,2-3H3,(H,19,20)(H,21,22)/t9?,10-,11+/m0/s1. The highest BCUT2D eigenvalue weighted by Crippen LogP contribution is 2.32. The molecule has 2 aliphatic rings. The number of carboxylic acids is 2. The summed E-state index contributed by atoms with van der Waals surface area (Å²) < 4.78 is 11.3. The predicted octanol–water partition coefficient (Wildman–Crippen LogP) is -0.454. The summed E-state index contributed by atoms with van der Waals surface area (Å²) in [7, 11) is 0. The molecule has 3 atom stereocenters. The first kappa shape index (κ1) is 18.0. The number of carbonyl (C=O) groups excluding carboxylic acids is 1. The van der Waals surface area contributed by atoms with Gasteiger partial charge < -0.3 is 29.9 Å². The van der Waals surface area contributed by atoms with Crippen LogP contribution in [0.4, 0.5) is 0 Å². The number of aliphatic carboxylic acids is 2. The average Bonchev–Trinajstić information content (AvgIpc) is 2.83. The number of carboxylic acid groups (broad SMARTS) is 2. The van der Waals surface area contributed by atoms with Crippen molar-refractivity contribution in [3.63, 3.8) is 0 Å². The van der Waals surface area contributed by atoms with E-state index in [-0.39, 0.29) is 12.5 Å². The van der Waals surface area contributed by atoms with E-state index in [9.17, 15) is 14.4 Å². The number of hydrogen-bond donors (Lipinski definition) is 3. The summed E-state index contributed by atoms with van der Waals surface area (Å²) >= 11 is 0. The molecule has 0 saturated carbocycles. The number of β-lactam (4-membered cyclic amide) rings is 1. The van der Waals surface area contributed by atoms with Gasteiger partial charge in [0.1, 0.15) is 12.1 Å². The third-order valence-corrected chi connectivity index (χ3v) is 3.86. The van der Waals surface area contributed by atoms with Gasteiger partial charge in [0.15, 0.2) is 11.4 Å². The molecule has 24 heavy (non-hydrogen) atoms. The SMILES string of the molecule is C=CCN1C(=O)[C@@H](NC=C(C(=O)O)C(=O)O)[C@H]1C1COC(C)(C)O1. The van der Waals surface area contributed by atoms with Crippen LogP contribution in [0.3, 0.4) is 0 Å². The van der Waals surface area contributed by atoms with Crippen LogP contribution in [0.1, 0.15) is 13.8 Å². The van der Waals surface area contributed by atoms with Gasteiger partial charge in [0.25, 0.3) is 0 Å². The molecule has 2 rings (SSSR count). The molecule has 2 heterocycles. The molecule has 1 unspecified atom stereocenters. The molecule has 1 amide bonds. The Hall–Kier alpha value is -2.39. The van der Waals surface area contributed by atoms with Crippen LogP contribution in [0, 0.1) is 0 Å². The number of amides is 1. The zero-order valence-electron chi connectivity index (χ0n) is 13.4. The van der Waals surface area contributed by atoms with E-state index in [1.807, 2.05) is 0 Å². The van der Waals surface area contributed by atoms with E-state index >= 15 is 0 Å². The Balaban J connectivity index is 2.16. The maximum atomic E-state index is 12.2. The zero-order valence-corrected chi connectivity index (χ0v) is 13.4. The van der Waals surface area contributed by atoms with Crippen molar-refractivity contribution < 1.29 is 34.1 Å². The number of nitrogens with one attached hydrogen (secondary N) is 1. The summed E-state index contributed by atoms with van der Waals surface area (Å²) in [6.07, 6.45) is 1.98. The van der Waals surface area contributed by atoms with E-state index < -0.39 is 41.5 Å². The summed E-state index contributed by atoms with van der Waals surface area (Å²) in [6.45, 7) is 7.67. The summed E-state index contributed by atoms with van der Waals surface area (Å²) in [5.74, 6) is -4.26. The fourth-order valence-electron chi connectivity index (χ4n) is 2.78.